The molecule has 0 aliphatic carbocycles. The van der Waals surface area contributed by atoms with Crippen molar-refractivity contribution >= 4 is 11.9 Å². The van der Waals surface area contributed by atoms with Gasteiger partial charge in [0.05, 0.1) is 11.6 Å². The number of aromatic carboxylic acids is 1. The van der Waals surface area contributed by atoms with Crippen molar-refractivity contribution in [2.75, 3.05) is 6.54 Å². The van der Waals surface area contributed by atoms with Crippen molar-refractivity contribution in [1.29, 1.82) is 0 Å². The number of hydrogen-bond acceptors (Lipinski definition) is 3. The van der Waals surface area contributed by atoms with Crippen molar-refractivity contribution in [1.82, 2.24) is 10.6 Å². The average Bonchev–Trinajstić information content (AvgIpc) is 2.42. The summed E-state index contributed by atoms with van der Waals surface area (Å²) < 4.78 is 0. The van der Waals surface area contributed by atoms with Crippen LogP contribution in [0.1, 0.15) is 36.7 Å². The van der Waals surface area contributed by atoms with Crippen molar-refractivity contribution in [2.45, 2.75) is 33.4 Å². The molecule has 0 saturated carbocycles. The summed E-state index contributed by atoms with van der Waals surface area (Å²) in [5, 5.41) is 15.0. The third-order valence-electron chi connectivity index (χ3n) is 2.92. The molecule has 1 aromatic rings. The second kappa shape index (κ2) is 7.65. The normalized spacial score (nSPS) is 12.2. The summed E-state index contributed by atoms with van der Waals surface area (Å²) in [6.07, 6.45) is 0. The van der Waals surface area contributed by atoms with Crippen LogP contribution in [0.3, 0.4) is 0 Å². The van der Waals surface area contributed by atoms with Crippen LogP contribution in [0, 0.1) is 5.92 Å². The Bertz CT molecular complexity index is 472. The molecule has 110 valence electrons. The lowest BCUT2D eigenvalue weighted by atomic mass is 10.1. The van der Waals surface area contributed by atoms with Gasteiger partial charge in [0.2, 0.25) is 5.91 Å². The first-order chi connectivity index (χ1) is 9.41. The van der Waals surface area contributed by atoms with Gasteiger partial charge in [-0.25, -0.2) is 4.79 Å². The number of carboxylic acids is 1. The molecule has 0 radical (unpaired) electrons. The minimum Gasteiger partial charge on any atom is -0.478 e. The van der Waals surface area contributed by atoms with E-state index in [1.54, 1.807) is 31.2 Å². The van der Waals surface area contributed by atoms with E-state index in [1.165, 1.54) is 0 Å². The Morgan fingerprint density at radius 2 is 1.85 bits per heavy atom. The van der Waals surface area contributed by atoms with Crippen LogP contribution in [0.5, 0.6) is 0 Å². The molecule has 3 N–H and O–H groups in total. The number of nitrogens with one attached hydrogen (secondary N) is 2. The first kappa shape index (κ1) is 16.2. The number of benzene rings is 1. The predicted octanol–water partition coefficient (Wildman–Crippen LogP) is 1.64. The van der Waals surface area contributed by atoms with Crippen molar-refractivity contribution < 1.29 is 14.7 Å². The number of amides is 1. The van der Waals surface area contributed by atoms with Gasteiger partial charge < -0.3 is 15.7 Å². The Morgan fingerprint density at radius 3 is 2.45 bits per heavy atom. The van der Waals surface area contributed by atoms with E-state index < -0.39 is 5.97 Å². The molecule has 0 aliphatic rings. The highest BCUT2D eigenvalue weighted by Crippen LogP contribution is 2.08. The summed E-state index contributed by atoms with van der Waals surface area (Å²) in [5.74, 6) is -0.635. The van der Waals surface area contributed by atoms with E-state index in [2.05, 4.69) is 10.6 Å². The Labute approximate surface area is 119 Å². The van der Waals surface area contributed by atoms with Gasteiger partial charge in [-0.15, -0.1) is 0 Å². The SMILES string of the molecule is CC(C)CNC(=O)C(C)NCc1ccccc1C(=O)O. The van der Waals surface area contributed by atoms with Crippen LogP contribution in [0.2, 0.25) is 0 Å². The zero-order chi connectivity index (χ0) is 15.1. The molecule has 0 saturated heterocycles. The van der Waals surface area contributed by atoms with Crippen molar-refractivity contribution in [3.8, 4) is 0 Å². The Balaban J connectivity index is 2.54. The van der Waals surface area contributed by atoms with Crippen molar-refractivity contribution in [2.24, 2.45) is 5.92 Å². The molecule has 1 atom stereocenters. The molecule has 0 heterocycles. The fourth-order valence-corrected chi connectivity index (χ4v) is 1.70. The maximum absolute atomic E-state index is 11.8. The summed E-state index contributed by atoms with van der Waals surface area (Å²) >= 11 is 0. The topological polar surface area (TPSA) is 78.4 Å². The van der Waals surface area contributed by atoms with Gasteiger partial charge in [-0.1, -0.05) is 32.0 Å². The predicted molar refractivity (Wildman–Crippen MR) is 77.6 cm³/mol. The van der Waals surface area contributed by atoms with Crippen LogP contribution >= 0.6 is 0 Å². The highest BCUT2D eigenvalue weighted by molar-refractivity contribution is 5.89. The Kier molecular flexibility index (Phi) is 6.18. The molecule has 1 aromatic carbocycles. The first-order valence-electron chi connectivity index (χ1n) is 6.74. The van der Waals surface area contributed by atoms with Gasteiger partial charge in [-0.3, -0.25) is 4.79 Å². The first-order valence-corrected chi connectivity index (χ1v) is 6.74. The molecule has 1 unspecified atom stereocenters. The molecule has 0 aliphatic heterocycles. The molecule has 5 heteroatoms. The van der Waals surface area contributed by atoms with E-state index in [-0.39, 0.29) is 17.5 Å². The minimum absolute atomic E-state index is 0.0773. The molecule has 1 amide bonds. The summed E-state index contributed by atoms with van der Waals surface area (Å²) in [7, 11) is 0. The Hall–Kier alpha value is -1.88. The molecule has 20 heavy (non-hydrogen) atoms. The van der Waals surface area contributed by atoms with Gasteiger partial charge >= 0.3 is 5.97 Å². The lowest BCUT2D eigenvalue weighted by Crippen LogP contribution is -2.43. The van der Waals surface area contributed by atoms with Crippen LogP contribution in [-0.4, -0.2) is 29.6 Å². The van der Waals surface area contributed by atoms with E-state index in [0.29, 0.717) is 24.6 Å². The molecule has 0 bridgehead atoms. The zero-order valence-corrected chi connectivity index (χ0v) is 12.1. The third-order valence-corrected chi connectivity index (χ3v) is 2.92. The van der Waals surface area contributed by atoms with Crippen molar-refractivity contribution in [3.05, 3.63) is 35.4 Å². The molecule has 0 fully saturated rings. The maximum Gasteiger partial charge on any atom is 0.336 e. The maximum atomic E-state index is 11.8. The summed E-state index contributed by atoms with van der Waals surface area (Å²) in [6, 6.07) is 6.41. The van der Waals surface area contributed by atoms with E-state index in [4.69, 9.17) is 5.11 Å². The van der Waals surface area contributed by atoms with Crippen LogP contribution in [0.25, 0.3) is 0 Å². The van der Waals surface area contributed by atoms with Crippen molar-refractivity contribution in [3.63, 3.8) is 0 Å². The van der Waals surface area contributed by atoms with Gasteiger partial charge in [-0.05, 0) is 24.5 Å². The number of hydrogen-bond donors (Lipinski definition) is 3. The number of carboxylic acid groups (broad SMARTS) is 1. The molecule has 1 rings (SSSR count). The lowest BCUT2D eigenvalue weighted by Gasteiger charge is -2.16. The number of rotatable bonds is 7. The van der Waals surface area contributed by atoms with Gasteiger partial charge in [0.25, 0.3) is 0 Å². The minimum atomic E-state index is -0.959. The summed E-state index contributed by atoms with van der Waals surface area (Å²) in [4.78, 5) is 22.9. The molecule has 0 spiro atoms. The lowest BCUT2D eigenvalue weighted by molar-refractivity contribution is -0.122. The van der Waals surface area contributed by atoms with E-state index >= 15 is 0 Å². The van der Waals surface area contributed by atoms with E-state index in [1.807, 2.05) is 13.8 Å². The molecule has 0 aromatic heterocycles. The monoisotopic (exact) mass is 278 g/mol. The summed E-state index contributed by atoms with van der Waals surface area (Å²) in [5.41, 5.74) is 0.929. The van der Waals surface area contributed by atoms with Gasteiger partial charge in [0.15, 0.2) is 0 Å². The standard InChI is InChI=1S/C15H22N2O3/c1-10(2)8-17-14(18)11(3)16-9-12-6-4-5-7-13(12)15(19)20/h4-7,10-11,16H,8-9H2,1-3H3,(H,17,18)(H,19,20). The van der Waals surface area contributed by atoms with Gasteiger partial charge in [-0.2, -0.15) is 0 Å². The number of carbonyl (C=O) groups is 2. The van der Waals surface area contributed by atoms with Crippen LogP contribution in [0.15, 0.2) is 24.3 Å². The highest BCUT2D eigenvalue weighted by Gasteiger charge is 2.14. The fourth-order valence-electron chi connectivity index (χ4n) is 1.70. The van der Waals surface area contributed by atoms with Gasteiger partial charge in [0.1, 0.15) is 0 Å². The van der Waals surface area contributed by atoms with Crippen LogP contribution in [0.4, 0.5) is 0 Å². The average molecular weight is 278 g/mol. The van der Waals surface area contributed by atoms with E-state index in [9.17, 15) is 9.59 Å². The molecular weight excluding hydrogens is 256 g/mol. The van der Waals surface area contributed by atoms with Crippen LogP contribution in [-0.2, 0) is 11.3 Å². The largest absolute Gasteiger partial charge is 0.478 e. The van der Waals surface area contributed by atoms with Gasteiger partial charge in [0, 0.05) is 13.1 Å². The smallest absolute Gasteiger partial charge is 0.336 e. The third kappa shape index (κ3) is 5.01. The quantitative estimate of drug-likeness (QED) is 0.708. The second-order valence-electron chi connectivity index (χ2n) is 5.20. The van der Waals surface area contributed by atoms with Crippen LogP contribution < -0.4 is 10.6 Å². The zero-order valence-electron chi connectivity index (χ0n) is 12.1. The number of carbonyl (C=O) groups excluding carboxylic acids is 1. The van der Waals surface area contributed by atoms with E-state index in [0.717, 1.165) is 0 Å². The molecule has 5 nitrogen and oxygen atoms in total. The highest BCUT2D eigenvalue weighted by atomic mass is 16.4. The molecular formula is C15H22N2O3. The second-order valence-corrected chi connectivity index (χ2v) is 5.20. The summed E-state index contributed by atoms with van der Waals surface area (Å²) in [6.45, 7) is 6.80. The Morgan fingerprint density at radius 1 is 1.20 bits per heavy atom. The fraction of sp³-hybridized carbons (Fsp3) is 0.467.